The van der Waals surface area contributed by atoms with Crippen LogP contribution < -0.4 is 0 Å². The zero-order valence-electron chi connectivity index (χ0n) is 7.64. The third-order valence-electron chi connectivity index (χ3n) is 2.06. The Morgan fingerprint density at radius 1 is 1.50 bits per heavy atom. The van der Waals surface area contributed by atoms with Crippen molar-refractivity contribution in [3.8, 4) is 0 Å². The van der Waals surface area contributed by atoms with E-state index in [4.69, 9.17) is 0 Å². The van der Waals surface area contributed by atoms with E-state index in [-0.39, 0.29) is 5.75 Å². The topological polar surface area (TPSA) is 58.0 Å². The second-order valence-electron chi connectivity index (χ2n) is 3.08. The third kappa shape index (κ3) is 1.69. The van der Waals surface area contributed by atoms with Crippen molar-refractivity contribution >= 4 is 22.1 Å². The van der Waals surface area contributed by atoms with Crippen molar-refractivity contribution in [1.82, 2.24) is 9.55 Å². The van der Waals surface area contributed by atoms with Gasteiger partial charge in [0, 0.05) is 13.2 Å². The number of fused-ring (bicyclic) bond motifs is 1. The molecule has 0 spiro atoms. The molecule has 0 saturated carbocycles. The highest BCUT2D eigenvalue weighted by molar-refractivity contribution is 7.78. The van der Waals surface area contributed by atoms with Gasteiger partial charge in [-0.15, -0.1) is 0 Å². The Balaban J connectivity index is 2.46. The first-order chi connectivity index (χ1) is 6.66. The standard InChI is InChI=1S/C9H10N2O2S/c1-11-5-4-8-9(11)3-2-7(10-8)6-14(12)13/h2-5H,6H2,1H3,(H,12,13)/p-1. The smallest absolute Gasteiger partial charge is 0.0884 e. The van der Waals surface area contributed by atoms with Gasteiger partial charge in [0.25, 0.3) is 0 Å². The van der Waals surface area contributed by atoms with E-state index in [1.807, 2.05) is 29.9 Å². The number of pyridine rings is 1. The van der Waals surface area contributed by atoms with Crippen molar-refractivity contribution < 1.29 is 8.76 Å². The van der Waals surface area contributed by atoms with E-state index in [0.717, 1.165) is 11.0 Å². The molecular weight excluding hydrogens is 200 g/mol. The molecular formula is C9H9N2O2S-. The van der Waals surface area contributed by atoms with E-state index in [0.29, 0.717) is 5.69 Å². The van der Waals surface area contributed by atoms with E-state index in [1.54, 1.807) is 6.07 Å². The van der Waals surface area contributed by atoms with Gasteiger partial charge in [0.2, 0.25) is 0 Å². The molecule has 74 valence electrons. The Morgan fingerprint density at radius 3 is 3.00 bits per heavy atom. The fraction of sp³-hybridized carbons (Fsp3) is 0.222. The summed E-state index contributed by atoms with van der Waals surface area (Å²) in [5.41, 5.74) is 2.41. The molecule has 0 aliphatic rings. The fourth-order valence-corrected chi connectivity index (χ4v) is 1.80. The van der Waals surface area contributed by atoms with Gasteiger partial charge >= 0.3 is 0 Å². The average Bonchev–Trinajstić information content (AvgIpc) is 2.46. The van der Waals surface area contributed by atoms with Crippen molar-refractivity contribution in [2.24, 2.45) is 7.05 Å². The van der Waals surface area contributed by atoms with Crippen molar-refractivity contribution in [2.45, 2.75) is 5.75 Å². The predicted molar refractivity (Wildman–Crippen MR) is 53.3 cm³/mol. The molecule has 0 bridgehead atoms. The second-order valence-corrected chi connectivity index (χ2v) is 3.98. The van der Waals surface area contributed by atoms with Crippen LogP contribution in [0.5, 0.6) is 0 Å². The molecule has 0 aliphatic heterocycles. The Hall–Kier alpha value is -1.20. The van der Waals surface area contributed by atoms with E-state index in [2.05, 4.69) is 4.98 Å². The zero-order chi connectivity index (χ0) is 10.1. The second kappa shape index (κ2) is 3.51. The minimum atomic E-state index is -2.07. The van der Waals surface area contributed by atoms with Crippen LogP contribution in [0.25, 0.3) is 11.0 Å². The zero-order valence-corrected chi connectivity index (χ0v) is 8.45. The molecule has 0 amide bonds. The highest BCUT2D eigenvalue weighted by Gasteiger charge is 2.00. The first kappa shape index (κ1) is 9.36. The van der Waals surface area contributed by atoms with Crippen molar-refractivity contribution in [1.29, 1.82) is 0 Å². The molecule has 5 heteroatoms. The van der Waals surface area contributed by atoms with Crippen LogP contribution in [0.2, 0.25) is 0 Å². The van der Waals surface area contributed by atoms with Gasteiger partial charge in [0.15, 0.2) is 0 Å². The Bertz CT molecular complexity index is 493. The summed E-state index contributed by atoms with van der Waals surface area (Å²) >= 11 is -2.07. The summed E-state index contributed by atoms with van der Waals surface area (Å²) in [5, 5.41) is 0. The molecule has 1 atom stereocenters. The lowest BCUT2D eigenvalue weighted by molar-refractivity contribution is 0.535. The molecule has 4 nitrogen and oxygen atoms in total. The van der Waals surface area contributed by atoms with Gasteiger partial charge in [-0.1, -0.05) is 0 Å². The molecule has 0 aromatic carbocycles. The van der Waals surface area contributed by atoms with Gasteiger partial charge in [-0.3, -0.25) is 9.19 Å². The number of hydrogen-bond acceptors (Lipinski definition) is 3. The number of hydrogen-bond donors (Lipinski definition) is 0. The third-order valence-corrected chi connectivity index (χ3v) is 2.59. The van der Waals surface area contributed by atoms with Crippen LogP contribution in [0.1, 0.15) is 5.69 Å². The van der Waals surface area contributed by atoms with Crippen molar-refractivity contribution in [2.75, 3.05) is 0 Å². The van der Waals surface area contributed by atoms with E-state index < -0.39 is 11.1 Å². The van der Waals surface area contributed by atoms with Gasteiger partial charge in [0.05, 0.1) is 22.5 Å². The van der Waals surface area contributed by atoms with Crippen LogP contribution in [-0.4, -0.2) is 18.3 Å². The number of rotatable bonds is 2. The van der Waals surface area contributed by atoms with Crippen LogP contribution in [0.15, 0.2) is 24.4 Å². The van der Waals surface area contributed by atoms with E-state index in [9.17, 15) is 8.76 Å². The van der Waals surface area contributed by atoms with Crippen molar-refractivity contribution in [3.63, 3.8) is 0 Å². The Labute approximate surface area is 83.9 Å². The minimum Gasteiger partial charge on any atom is -0.772 e. The maximum absolute atomic E-state index is 10.5. The van der Waals surface area contributed by atoms with Crippen LogP contribution in [0.3, 0.4) is 0 Å². The minimum absolute atomic E-state index is 0.0230. The number of aromatic nitrogens is 2. The van der Waals surface area contributed by atoms with Crippen LogP contribution in [-0.2, 0) is 23.9 Å². The first-order valence-corrected chi connectivity index (χ1v) is 5.38. The van der Waals surface area contributed by atoms with Gasteiger partial charge in [0.1, 0.15) is 0 Å². The van der Waals surface area contributed by atoms with Gasteiger partial charge in [-0.2, -0.15) is 0 Å². The van der Waals surface area contributed by atoms with E-state index in [1.165, 1.54) is 0 Å². The molecule has 2 rings (SSSR count). The molecule has 2 heterocycles. The summed E-state index contributed by atoms with van der Waals surface area (Å²) in [5.74, 6) is -0.0230. The average molecular weight is 209 g/mol. The van der Waals surface area contributed by atoms with Gasteiger partial charge in [-0.25, -0.2) is 0 Å². The van der Waals surface area contributed by atoms with Crippen LogP contribution in [0, 0.1) is 0 Å². The molecule has 0 aliphatic carbocycles. The van der Waals surface area contributed by atoms with Crippen LogP contribution >= 0.6 is 0 Å². The Kier molecular flexibility index (Phi) is 2.35. The summed E-state index contributed by atoms with van der Waals surface area (Å²) in [6.07, 6.45) is 1.90. The fourth-order valence-electron chi connectivity index (χ4n) is 1.39. The maximum atomic E-state index is 10.5. The lowest BCUT2D eigenvalue weighted by Crippen LogP contribution is -1.96. The lowest BCUT2D eigenvalue weighted by Gasteiger charge is -2.04. The molecule has 0 saturated heterocycles. The quantitative estimate of drug-likeness (QED) is 0.692. The SMILES string of the molecule is Cn1ccc2nc(CS(=O)[O-])ccc21. The van der Waals surface area contributed by atoms with Gasteiger partial charge in [-0.05, 0) is 29.3 Å². The largest absolute Gasteiger partial charge is 0.772 e. The lowest BCUT2D eigenvalue weighted by atomic mass is 10.3. The monoisotopic (exact) mass is 209 g/mol. The molecule has 1 unspecified atom stereocenters. The summed E-state index contributed by atoms with van der Waals surface area (Å²) in [6.45, 7) is 0. The van der Waals surface area contributed by atoms with E-state index >= 15 is 0 Å². The number of nitrogens with zero attached hydrogens (tertiary/aromatic N) is 2. The van der Waals surface area contributed by atoms with Crippen molar-refractivity contribution in [3.05, 3.63) is 30.1 Å². The van der Waals surface area contributed by atoms with Gasteiger partial charge < -0.3 is 9.12 Å². The highest BCUT2D eigenvalue weighted by Crippen LogP contribution is 2.13. The summed E-state index contributed by atoms with van der Waals surface area (Å²) in [4.78, 5) is 4.22. The maximum Gasteiger partial charge on any atom is 0.0884 e. The number of aryl methyl sites for hydroxylation is 1. The highest BCUT2D eigenvalue weighted by atomic mass is 32.2. The summed E-state index contributed by atoms with van der Waals surface area (Å²) in [6, 6.07) is 5.48. The first-order valence-electron chi connectivity index (χ1n) is 4.13. The molecule has 0 fully saturated rings. The normalized spacial score (nSPS) is 13.3. The molecule has 2 aromatic rings. The molecule has 14 heavy (non-hydrogen) atoms. The molecule has 0 N–H and O–H groups in total. The molecule has 0 radical (unpaired) electrons. The summed E-state index contributed by atoms with van der Waals surface area (Å²) in [7, 11) is 1.93. The predicted octanol–water partition coefficient (Wildman–Crippen LogP) is 0.952. The summed E-state index contributed by atoms with van der Waals surface area (Å²) < 4.78 is 22.9. The molecule has 2 aromatic heterocycles. The Morgan fingerprint density at radius 2 is 2.29 bits per heavy atom. The van der Waals surface area contributed by atoms with Crippen LogP contribution in [0.4, 0.5) is 0 Å².